The van der Waals surface area contributed by atoms with Crippen LogP contribution in [0.2, 0.25) is 0 Å². The first-order valence-electron chi connectivity index (χ1n) is 6.46. The third-order valence-corrected chi connectivity index (χ3v) is 3.69. The Labute approximate surface area is 127 Å². The van der Waals surface area contributed by atoms with Crippen LogP contribution in [0.1, 0.15) is 18.1 Å². The second-order valence-electron chi connectivity index (χ2n) is 4.53. The number of anilines is 1. The van der Waals surface area contributed by atoms with E-state index in [1.807, 2.05) is 42.5 Å². The first kappa shape index (κ1) is 14.8. The van der Waals surface area contributed by atoms with Gasteiger partial charge in [-0.2, -0.15) is 0 Å². The monoisotopic (exact) mass is 332 g/mol. The van der Waals surface area contributed by atoms with Gasteiger partial charge in [-0.1, -0.05) is 52.3 Å². The topological polar surface area (TPSA) is 41.1 Å². The molecule has 0 spiro atoms. The second-order valence-corrected chi connectivity index (χ2v) is 5.39. The van der Waals surface area contributed by atoms with E-state index in [2.05, 4.69) is 32.6 Å². The number of hydrogen-bond acceptors (Lipinski definition) is 2. The summed E-state index contributed by atoms with van der Waals surface area (Å²) in [5.74, 6) is -0.0525. The molecule has 20 heavy (non-hydrogen) atoms. The summed E-state index contributed by atoms with van der Waals surface area (Å²) in [7, 11) is 0. The third-order valence-electron chi connectivity index (χ3n) is 2.92. The highest BCUT2D eigenvalue weighted by molar-refractivity contribution is 9.10. The van der Waals surface area contributed by atoms with Crippen LogP contribution in [0.5, 0.6) is 0 Å². The average molecular weight is 333 g/mol. The summed E-state index contributed by atoms with van der Waals surface area (Å²) in [5.41, 5.74) is 3.15. The molecular formula is C16H17BrN2O. The van der Waals surface area contributed by atoms with Crippen LogP contribution in [-0.4, -0.2) is 5.91 Å². The van der Waals surface area contributed by atoms with Crippen molar-refractivity contribution in [3.05, 3.63) is 64.1 Å². The minimum absolute atomic E-state index is 0.0525. The Hall–Kier alpha value is -1.65. The van der Waals surface area contributed by atoms with Gasteiger partial charge in [-0.25, -0.2) is 0 Å². The van der Waals surface area contributed by atoms with Crippen molar-refractivity contribution in [2.45, 2.75) is 20.0 Å². The zero-order valence-corrected chi connectivity index (χ0v) is 12.9. The van der Waals surface area contributed by atoms with Gasteiger partial charge < -0.3 is 10.6 Å². The molecule has 0 heterocycles. The summed E-state index contributed by atoms with van der Waals surface area (Å²) >= 11 is 3.53. The summed E-state index contributed by atoms with van der Waals surface area (Å²) in [6.07, 6.45) is 0. The molecule has 0 unspecified atom stereocenters. The quantitative estimate of drug-likeness (QED) is 0.876. The van der Waals surface area contributed by atoms with Crippen molar-refractivity contribution < 1.29 is 4.79 Å². The molecule has 4 heteroatoms. The van der Waals surface area contributed by atoms with Crippen LogP contribution in [0.25, 0.3) is 0 Å². The predicted octanol–water partition coefficient (Wildman–Crippen LogP) is 3.70. The van der Waals surface area contributed by atoms with Crippen LogP contribution in [0.15, 0.2) is 53.0 Å². The number of halogens is 1. The smallest absolute Gasteiger partial charge is 0.221 e. The summed E-state index contributed by atoms with van der Waals surface area (Å²) in [6, 6.07) is 15.9. The van der Waals surface area contributed by atoms with Gasteiger partial charge in [0, 0.05) is 30.2 Å². The van der Waals surface area contributed by atoms with Crippen molar-refractivity contribution in [1.29, 1.82) is 0 Å². The van der Waals surface area contributed by atoms with E-state index in [9.17, 15) is 4.79 Å². The first-order valence-corrected chi connectivity index (χ1v) is 7.26. The van der Waals surface area contributed by atoms with Gasteiger partial charge in [0.15, 0.2) is 0 Å². The molecule has 0 radical (unpaired) electrons. The van der Waals surface area contributed by atoms with Crippen LogP contribution < -0.4 is 10.6 Å². The molecule has 3 nitrogen and oxygen atoms in total. The van der Waals surface area contributed by atoms with Crippen LogP contribution in [-0.2, 0) is 17.9 Å². The fraction of sp³-hybridized carbons (Fsp3) is 0.188. The number of carbonyl (C=O) groups excluding carboxylic acids is 1. The predicted molar refractivity (Wildman–Crippen MR) is 85.4 cm³/mol. The van der Waals surface area contributed by atoms with Crippen LogP contribution in [0.4, 0.5) is 5.69 Å². The Bertz CT molecular complexity index is 599. The lowest BCUT2D eigenvalue weighted by molar-refractivity contribution is -0.114. The molecule has 1 amide bonds. The molecule has 0 saturated carbocycles. The van der Waals surface area contributed by atoms with E-state index in [1.54, 1.807) is 0 Å². The maximum atomic E-state index is 11.2. The third kappa shape index (κ3) is 4.18. The van der Waals surface area contributed by atoms with E-state index in [4.69, 9.17) is 0 Å². The second kappa shape index (κ2) is 7.22. The molecule has 2 rings (SSSR count). The van der Waals surface area contributed by atoms with Crippen LogP contribution in [0.3, 0.4) is 0 Å². The summed E-state index contributed by atoms with van der Waals surface area (Å²) in [5, 5.41) is 6.24. The molecule has 2 aromatic rings. The molecule has 0 saturated heterocycles. The highest BCUT2D eigenvalue weighted by Gasteiger charge is 2.03. The number of para-hydroxylation sites is 1. The minimum Gasteiger partial charge on any atom is -0.326 e. The van der Waals surface area contributed by atoms with E-state index in [0.717, 1.165) is 22.3 Å². The molecule has 2 aromatic carbocycles. The zero-order valence-electron chi connectivity index (χ0n) is 11.3. The van der Waals surface area contributed by atoms with Gasteiger partial charge in [-0.3, -0.25) is 4.79 Å². The van der Waals surface area contributed by atoms with Crippen LogP contribution in [0, 0.1) is 0 Å². The number of benzene rings is 2. The van der Waals surface area contributed by atoms with Crippen molar-refractivity contribution in [3.8, 4) is 0 Å². The molecule has 0 aliphatic rings. The van der Waals surface area contributed by atoms with Gasteiger partial charge in [0.1, 0.15) is 0 Å². The molecule has 0 aliphatic heterocycles. The maximum absolute atomic E-state index is 11.2. The van der Waals surface area contributed by atoms with E-state index in [1.165, 1.54) is 12.5 Å². The Morgan fingerprint density at radius 2 is 1.60 bits per heavy atom. The fourth-order valence-electron chi connectivity index (χ4n) is 1.96. The number of nitrogens with one attached hydrogen (secondary N) is 2. The van der Waals surface area contributed by atoms with Gasteiger partial charge in [0.2, 0.25) is 5.91 Å². The van der Waals surface area contributed by atoms with Gasteiger partial charge in [-0.15, -0.1) is 0 Å². The summed E-state index contributed by atoms with van der Waals surface area (Å²) in [4.78, 5) is 11.2. The molecular weight excluding hydrogens is 316 g/mol. The molecule has 0 aliphatic carbocycles. The van der Waals surface area contributed by atoms with E-state index in [0.29, 0.717) is 6.54 Å². The summed E-state index contributed by atoms with van der Waals surface area (Å²) in [6.45, 7) is 3.00. The average Bonchev–Trinajstić information content (AvgIpc) is 2.42. The highest BCUT2D eigenvalue weighted by Crippen LogP contribution is 2.17. The maximum Gasteiger partial charge on any atom is 0.221 e. The van der Waals surface area contributed by atoms with Gasteiger partial charge >= 0.3 is 0 Å². The van der Waals surface area contributed by atoms with Gasteiger partial charge in [0.05, 0.1) is 0 Å². The number of hydrogen-bond donors (Lipinski definition) is 2. The van der Waals surface area contributed by atoms with Crippen molar-refractivity contribution in [2.24, 2.45) is 0 Å². The zero-order chi connectivity index (χ0) is 14.4. The first-order chi connectivity index (χ1) is 9.66. The largest absolute Gasteiger partial charge is 0.326 e. The van der Waals surface area contributed by atoms with Crippen molar-refractivity contribution in [1.82, 2.24) is 5.32 Å². The normalized spacial score (nSPS) is 10.3. The number of carbonyl (C=O) groups is 1. The molecule has 0 aromatic heterocycles. The Balaban J connectivity index is 1.97. The van der Waals surface area contributed by atoms with E-state index in [-0.39, 0.29) is 5.91 Å². The Kier molecular flexibility index (Phi) is 5.32. The number of amides is 1. The number of rotatable bonds is 5. The SMILES string of the molecule is CC(=O)Nc1ccccc1CNCc1ccccc1Br. The Morgan fingerprint density at radius 1 is 1.00 bits per heavy atom. The van der Waals surface area contributed by atoms with Crippen molar-refractivity contribution >= 4 is 27.5 Å². The molecule has 0 atom stereocenters. The highest BCUT2D eigenvalue weighted by atomic mass is 79.9. The minimum atomic E-state index is -0.0525. The Morgan fingerprint density at radius 3 is 2.30 bits per heavy atom. The molecule has 0 bridgehead atoms. The van der Waals surface area contributed by atoms with Gasteiger partial charge in [-0.05, 0) is 23.3 Å². The lowest BCUT2D eigenvalue weighted by atomic mass is 10.1. The van der Waals surface area contributed by atoms with Crippen molar-refractivity contribution in [2.75, 3.05) is 5.32 Å². The molecule has 2 N–H and O–H groups in total. The lowest BCUT2D eigenvalue weighted by Crippen LogP contribution is -2.15. The lowest BCUT2D eigenvalue weighted by Gasteiger charge is -2.11. The van der Waals surface area contributed by atoms with Gasteiger partial charge in [0.25, 0.3) is 0 Å². The molecule has 0 fully saturated rings. The van der Waals surface area contributed by atoms with Crippen molar-refractivity contribution in [3.63, 3.8) is 0 Å². The van der Waals surface area contributed by atoms with Crippen LogP contribution >= 0.6 is 15.9 Å². The van der Waals surface area contributed by atoms with E-state index >= 15 is 0 Å². The fourth-order valence-corrected chi connectivity index (χ4v) is 2.38. The molecule has 104 valence electrons. The van der Waals surface area contributed by atoms with E-state index < -0.39 is 0 Å². The standard InChI is InChI=1S/C16H17BrN2O/c1-12(20)19-16-9-5-3-7-14(16)11-18-10-13-6-2-4-8-15(13)17/h2-9,18H,10-11H2,1H3,(H,19,20). The summed E-state index contributed by atoms with van der Waals surface area (Å²) < 4.78 is 1.10.